The van der Waals surface area contributed by atoms with E-state index in [9.17, 15) is 13.2 Å². The highest BCUT2D eigenvalue weighted by Gasteiger charge is 2.25. The van der Waals surface area contributed by atoms with Crippen LogP contribution in [0.25, 0.3) is 0 Å². The number of rotatable bonds is 6. The van der Waals surface area contributed by atoms with Crippen LogP contribution in [0.1, 0.15) is 31.2 Å². The van der Waals surface area contributed by atoms with Crippen molar-refractivity contribution in [1.82, 2.24) is 14.9 Å². The number of thioether (sulfide) groups is 1. The first-order valence-corrected chi connectivity index (χ1v) is 11.8. The molecule has 2 aliphatic rings. The summed E-state index contributed by atoms with van der Waals surface area (Å²) in [5.74, 6) is 2.09. The van der Waals surface area contributed by atoms with Crippen LogP contribution < -0.4 is 10.6 Å². The van der Waals surface area contributed by atoms with Gasteiger partial charge in [-0.25, -0.2) is 8.42 Å². The van der Waals surface area contributed by atoms with Crippen LogP contribution in [0.4, 0.5) is 0 Å². The van der Waals surface area contributed by atoms with Crippen molar-refractivity contribution in [2.24, 2.45) is 0 Å². The Kier molecular flexibility index (Phi) is 8.88. The quantitative estimate of drug-likeness (QED) is 0.717. The normalized spacial score (nSPS) is 21.3. The van der Waals surface area contributed by atoms with E-state index in [0.717, 1.165) is 42.9 Å². The second kappa shape index (κ2) is 10.7. The summed E-state index contributed by atoms with van der Waals surface area (Å²) in [6, 6.07) is 7.10. The lowest BCUT2D eigenvalue weighted by atomic mass is 10.2. The zero-order chi connectivity index (χ0) is 18.4. The van der Waals surface area contributed by atoms with E-state index in [1.54, 1.807) is 28.6 Å². The number of nitrogens with zero attached hydrogens (tertiary/aromatic N) is 1. The molecule has 2 fully saturated rings. The van der Waals surface area contributed by atoms with Crippen molar-refractivity contribution in [2.45, 2.75) is 43.2 Å². The average molecular weight is 434 g/mol. The summed E-state index contributed by atoms with van der Waals surface area (Å²) in [5.41, 5.74) is 0.905. The Balaban J connectivity index is 0.00000261. The molecule has 1 amide bonds. The molecular weight excluding hydrogens is 406 g/mol. The number of nitrogens with one attached hydrogen (secondary N) is 2. The Hall–Kier alpha value is -0.800. The minimum atomic E-state index is -3.39. The van der Waals surface area contributed by atoms with Crippen LogP contribution in [0.2, 0.25) is 0 Å². The summed E-state index contributed by atoms with van der Waals surface area (Å²) in [5, 5.41) is 6.27. The summed E-state index contributed by atoms with van der Waals surface area (Å²) >= 11 is 1.87. The van der Waals surface area contributed by atoms with E-state index in [-0.39, 0.29) is 24.4 Å². The maximum absolute atomic E-state index is 12.6. The summed E-state index contributed by atoms with van der Waals surface area (Å²) in [6.45, 7) is 2.58. The number of benzene rings is 1. The first-order chi connectivity index (χ1) is 12.6. The third-order valence-electron chi connectivity index (χ3n) is 4.80. The lowest BCUT2D eigenvalue weighted by molar-refractivity contribution is -0.121. The molecule has 3 rings (SSSR count). The minimum absolute atomic E-state index is 0. The summed E-state index contributed by atoms with van der Waals surface area (Å²) < 4.78 is 26.8. The van der Waals surface area contributed by atoms with E-state index >= 15 is 0 Å². The van der Waals surface area contributed by atoms with Crippen LogP contribution >= 0.6 is 24.2 Å². The number of carbonyl (C=O) groups is 1. The fourth-order valence-electron chi connectivity index (χ4n) is 3.28. The van der Waals surface area contributed by atoms with Crippen molar-refractivity contribution in [3.8, 4) is 0 Å². The van der Waals surface area contributed by atoms with E-state index in [2.05, 4.69) is 10.6 Å². The Labute approximate surface area is 172 Å². The van der Waals surface area contributed by atoms with Gasteiger partial charge in [-0.1, -0.05) is 18.6 Å². The number of hydrogen-bond donors (Lipinski definition) is 2. The third-order valence-corrected chi connectivity index (χ3v) is 7.84. The molecule has 0 bridgehead atoms. The molecule has 2 aliphatic heterocycles. The molecule has 2 heterocycles. The van der Waals surface area contributed by atoms with Gasteiger partial charge in [-0.2, -0.15) is 16.1 Å². The second-order valence-electron chi connectivity index (χ2n) is 6.82. The maximum atomic E-state index is 12.6. The second-order valence-corrected chi connectivity index (χ2v) is 9.90. The van der Waals surface area contributed by atoms with Gasteiger partial charge in [0.15, 0.2) is 0 Å². The zero-order valence-electron chi connectivity index (χ0n) is 15.4. The van der Waals surface area contributed by atoms with Crippen molar-refractivity contribution in [3.05, 3.63) is 29.8 Å². The van der Waals surface area contributed by atoms with Gasteiger partial charge < -0.3 is 10.6 Å². The molecule has 1 atom stereocenters. The highest BCUT2D eigenvalue weighted by molar-refractivity contribution is 7.99. The van der Waals surface area contributed by atoms with Gasteiger partial charge in [0.2, 0.25) is 15.9 Å². The van der Waals surface area contributed by atoms with Crippen molar-refractivity contribution in [1.29, 1.82) is 0 Å². The third kappa shape index (κ3) is 6.35. The molecule has 2 N–H and O–H groups in total. The summed E-state index contributed by atoms with van der Waals surface area (Å²) in [4.78, 5) is 12.4. The van der Waals surface area contributed by atoms with Crippen molar-refractivity contribution >= 4 is 40.1 Å². The molecule has 27 heavy (non-hydrogen) atoms. The number of piperidine rings is 1. The molecule has 1 aromatic carbocycles. The van der Waals surface area contributed by atoms with Gasteiger partial charge in [0, 0.05) is 50.1 Å². The van der Waals surface area contributed by atoms with Crippen molar-refractivity contribution < 1.29 is 13.2 Å². The summed E-state index contributed by atoms with van der Waals surface area (Å²) in [7, 11) is -3.39. The fourth-order valence-corrected chi connectivity index (χ4v) is 5.75. The van der Waals surface area contributed by atoms with Gasteiger partial charge in [-0.3, -0.25) is 4.79 Å². The highest BCUT2D eigenvalue weighted by atomic mass is 35.5. The van der Waals surface area contributed by atoms with Crippen LogP contribution in [0, 0.1) is 0 Å². The number of sulfonamides is 1. The lowest BCUT2D eigenvalue weighted by Crippen LogP contribution is -2.41. The predicted octanol–water partition coefficient (Wildman–Crippen LogP) is 1.99. The molecule has 0 spiro atoms. The van der Waals surface area contributed by atoms with Gasteiger partial charge in [-0.15, -0.1) is 12.4 Å². The smallest absolute Gasteiger partial charge is 0.243 e. The van der Waals surface area contributed by atoms with E-state index in [1.165, 1.54) is 0 Å². The molecule has 2 saturated heterocycles. The molecule has 0 radical (unpaired) electrons. The largest absolute Gasteiger partial charge is 0.352 e. The Morgan fingerprint density at radius 1 is 1.19 bits per heavy atom. The SMILES string of the molecule is Cl.O=C(CC1CSCCN1)NCc1ccc(S(=O)(=O)N2CCCCC2)cc1. The van der Waals surface area contributed by atoms with Gasteiger partial charge in [0.1, 0.15) is 0 Å². The molecule has 1 unspecified atom stereocenters. The molecule has 0 aliphatic carbocycles. The monoisotopic (exact) mass is 433 g/mol. The molecule has 0 aromatic heterocycles. The van der Waals surface area contributed by atoms with Crippen LogP contribution in [0.15, 0.2) is 29.2 Å². The molecule has 9 heteroatoms. The van der Waals surface area contributed by atoms with Crippen molar-refractivity contribution in [2.75, 3.05) is 31.1 Å². The van der Waals surface area contributed by atoms with E-state index in [4.69, 9.17) is 0 Å². The van der Waals surface area contributed by atoms with Crippen LogP contribution in [-0.4, -0.2) is 55.8 Å². The average Bonchev–Trinajstić information content (AvgIpc) is 2.68. The fraction of sp³-hybridized carbons (Fsp3) is 0.611. The standard InChI is InChI=1S/C18H27N3O3S2.ClH/c22-18(12-16-14-25-11-8-19-16)20-13-15-4-6-17(7-5-15)26(23,24)21-9-2-1-3-10-21;/h4-7,16,19H,1-3,8-14H2,(H,20,22);1H. The Morgan fingerprint density at radius 2 is 1.89 bits per heavy atom. The number of amides is 1. The number of halogens is 1. The number of carbonyl (C=O) groups excluding carboxylic acids is 1. The number of hydrogen-bond acceptors (Lipinski definition) is 5. The van der Waals surface area contributed by atoms with Crippen LogP contribution in [0.3, 0.4) is 0 Å². The van der Waals surface area contributed by atoms with Crippen LogP contribution in [-0.2, 0) is 21.4 Å². The molecular formula is C18H28ClN3O3S2. The van der Waals surface area contributed by atoms with Crippen LogP contribution in [0.5, 0.6) is 0 Å². The molecule has 152 valence electrons. The van der Waals surface area contributed by atoms with E-state index < -0.39 is 10.0 Å². The van der Waals surface area contributed by atoms with Gasteiger partial charge in [0.05, 0.1) is 4.90 Å². The first kappa shape index (κ1) is 22.5. The van der Waals surface area contributed by atoms with E-state index in [0.29, 0.717) is 31.0 Å². The van der Waals surface area contributed by atoms with E-state index in [1.807, 2.05) is 11.8 Å². The Morgan fingerprint density at radius 3 is 2.52 bits per heavy atom. The molecule has 1 aromatic rings. The van der Waals surface area contributed by atoms with Gasteiger partial charge in [-0.05, 0) is 30.5 Å². The predicted molar refractivity (Wildman–Crippen MR) is 112 cm³/mol. The van der Waals surface area contributed by atoms with Crippen molar-refractivity contribution in [3.63, 3.8) is 0 Å². The molecule has 0 saturated carbocycles. The lowest BCUT2D eigenvalue weighted by Gasteiger charge is -2.25. The van der Waals surface area contributed by atoms with Gasteiger partial charge in [0.25, 0.3) is 0 Å². The summed E-state index contributed by atoms with van der Waals surface area (Å²) in [6.07, 6.45) is 3.43. The topological polar surface area (TPSA) is 78.5 Å². The van der Waals surface area contributed by atoms with Gasteiger partial charge >= 0.3 is 0 Å². The zero-order valence-corrected chi connectivity index (χ0v) is 17.8. The Bertz CT molecular complexity index is 701. The maximum Gasteiger partial charge on any atom is 0.243 e. The highest BCUT2D eigenvalue weighted by Crippen LogP contribution is 2.20. The molecule has 6 nitrogen and oxygen atoms in total. The minimum Gasteiger partial charge on any atom is -0.352 e. The first-order valence-electron chi connectivity index (χ1n) is 9.22.